The van der Waals surface area contributed by atoms with Crippen molar-refractivity contribution in [1.82, 2.24) is 0 Å². The summed E-state index contributed by atoms with van der Waals surface area (Å²) in [5.74, 6) is 0. The van der Waals surface area contributed by atoms with Crippen molar-refractivity contribution in [3.05, 3.63) is 58.0 Å². The predicted octanol–water partition coefficient (Wildman–Crippen LogP) is 4.01. The second-order valence-corrected chi connectivity index (χ2v) is 4.42. The fourth-order valence-electron chi connectivity index (χ4n) is 2.00. The minimum Gasteiger partial charge on any atom is -0.350 e. The van der Waals surface area contributed by atoms with Crippen LogP contribution in [0.4, 0.5) is 17.1 Å². The van der Waals surface area contributed by atoms with Gasteiger partial charge in [-0.1, -0.05) is 23.7 Å². The Morgan fingerprint density at radius 2 is 1.94 bits per heavy atom. The summed E-state index contributed by atoms with van der Waals surface area (Å²) in [5.41, 5.74) is 3.31. The summed E-state index contributed by atoms with van der Waals surface area (Å²) >= 11 is 5.94. The molecule has 0 aliphatic carbocycles. The SMILES string of the molecule is O=[N+]1Cc2cc(Cl)ccc2Nc2ccccc21. The molecule has 17 heavy (non-hydrogen) atoms. The Hall–Kier alpha value is -1.87. The number of fused-ring (bicyclic) bond motifs is 2. The number of halogens is 1. The Balaban J connectivity index is 2.17. The molecule has 3 rings (SSSR count). The molecular weight excluding hydrogens is 236 g/mol. The molecule has 84 valence electrons. The van der Waals surface area contributed by atoms with Gasteiger partial charge in [-0.2, -0.15) is 0 Å². The zero-order valence-corrected chi connectivity index (χ0v) is 9.74. The van der Waals surface area contributed by atoms with Crippen molar-refractivity contribution in [3.63, 3.8) is 0 Å². The van der Waals surface area contributed by atoms with E-state index in [-0.39, 0.29) is 0 Å². The van der Waals surface area contributed by atoms with E-state index in [9.17, 15) is 4.91 Å². The standard InChI is InChI=1S/C13H10ClN2O/c14-10-5-6-11-9(7-10)8-16(17)13-4-2-1-3-12(13)15-11/h1-7,15H,8H2/q+1. The largest absolute Gasteiger partial charge is 0.350 e. The second kappa shape index (κ2) is 3.86. The first-order chi connectivity index (χ1) is 8.24. The number of rotatable bonds is 0. The van der Waals surface area contributed by atoms with Gasteiger partial charge in [-0.25, -0.2) is 0 Å². The lowest BCUT2D eigenvalue weighted by Crippen LogP contribution is -1.99. The molecule has 0 unspecified atom stereocenters. The van der Waals surface area contributed by atoms with Crippen LogP contribution < -0.4 is 5.32 Å². The summed E-state index contributed by atoms with van der Waals surface area (Å²) in [6, 6.07) is 13.0. The maximum absolute atomic E-state index is 12.0. The van der Waals surface area contributed by atoms with Gasteiger partial charge in [-0.05, 0) is 24.3 Å². The smallest absolute Gasteiger partial charge is 0.279 e. The number of hydrogen-bond donors (Lipinski definition) is 1. The number of nitroso groups, excluding NO2 is 1. The first-order valence-corrected chi connectivity index (χ1v) is 5.71. The third-order valence-electron chi connectivity index (χ3n) is 2.82. The van der Waals surface area contributed by atoms with E-state index in [4.69, 9.17) is 11.6 Å². The Morgan fingerprint density at radius 1 is 1.12 bits per heavy atom. The van der Waals surface area contributed by atoms with Gasteiger partial charge >= 0.3 is 0 Å². The molecule has 1 aliphatic heterocycles. The zero-order valence-electron chi connectivity index (χ0n) is 8.98. The van der Waals surface area contributed by atoms with Crippen molar-refractivity contribution >= 4 is 28.7 Å². The summed E-state index contributed by atoms with van der Waals surface area (Å²) in [4.78, 5) is 12.0. The summed E-state index contributed by atoms with van der Waals surface area (Å²) < 4.78 is 0.977. The molecule has 0 saturated heterocycles. The van der Waals surface area contributed by atoms with E-state index in [1.807, 2.05) is 42.5 Å². The normalized spacial score (nSPS) is 13.4. The molecule has 0 aromatic heterocycles. The van der Waals surface area contributed by atoms with Crippen LogP contribution in [0, 0.1) is 4.91 Å². The van der Waals surface area contributed by atoms with Gasteiger partial charge < -0.3 is 5.32 Å². The highest BCUT2D eigenvalue weighted by atomic mass is 35.5. The van der Waals surface area contributed by atoms with Crippen LogP contribution in [0.25, 0.3) is 0 Å². The van der Waals surface area contributed by atoms with Crippen molar-refractivity contribution in [1.29, 1.82) is 0 Å². The van der Waals surface area contributed by atoms with Crippen LogP contribution in [0.3, 0.4) is 0 Å². The molecule has 4 heteroatoms. The summed E-state index contributed by atoms with van der Waals surface area (Å²) in [6.45, 7) is 0.305. The molecule has 2 aromatic rings. The minimum absolute atomic E-state index is 0.305. The molecule has 0 amide bonds. The Bertz CT molecular complexity index is 610. The maximum Gasteiger partial charge on any atom is 0.279 e. The second-order valence-electron chi connectivity index (χ2n) is 3.98. The monoisotopic (exact) mass is 245 g/mol. The number of anilines is 2. The van der Waals surface area contributed by atoms with E-state index in [2.05, 4.69) is 5.32 Å². The fraction of sp³-hybridized carbons (Fsp3) is 0.0769. The number of para-hydroxylation sites is 2. The average molecular weight is 246 g/mol. The van der Waals surface area contributed by atoms with E-state index in [0.29, 0.717) is 17.3 Å². The Morgan fingerprint density at radius 3 is 2.82 bits per heavy atom. The van der Waals surface area contributed by atoms with Crippen LogP contribution in [-0.4, -0.2) is 4.76 Å². The molecular formula is C13H10ClN2O+. The van der Waals surface area contributed by atoms with E-state index in [1.54, 1.807) is 0 Å². The lowest BCUT2D eigenvalue weighted by molar-refractivity contribution is -0.478. The van der Waals surface area contributed by atoms with Gasteiger partial charge in [-0.3, -0.25) is 0 Å². The number of hydrogen-bond acceptors (Lipinski definition) is 2. The molecule has 0 saturated carbocycles. The van der Waals surface area contributed by atoms with E-state index in [1.165, 1.54) is 0 Å². The lowest BCUT2D eigenvalue weighted by atomic mass is 10.2. The van der Waals surface area contributed by atoms with Crippen molar-refractivity contribution < 1.29 is 4.76 Å². The molecule has 0 radical (unpaired) electrons. The summed E-state index contributed by atoms with van der Waals surface area (Å²) in [6.07, 6.45) is 0. The first-order valence-electron chi connectivity index (χ1n) is 5.33. The topological polar surface area (TPSA) is 32.1 Å². The van der Waals surface area contributed by atoms with E-state index in [0.717, 1.165) is 21.7 Å². The van der Waals surface area contributed by atoms with Gasteiger partial charge in [0.25, 0.3) is 5.69 Å². The van der Waals surface area contributed by atoms with Gasteiger partial charge in [-0.15, -0.1) is 0 Å². The van der Waals surface area contributed by atoms with E-state index >= 15 is 0 Å². The van der Waals surface area contributed by atoms with Gasteiger partial charge in [0, 0.05) is 32.0 Å². The minimum atomic E-state index is 0.305. The lowest BCUT2D eigenvalue weighted by Gasteiger charge is -2.05. The highest BCUT2D eigenvalue weighted by Crippen LogP contribution is 2.34. The number of benzene rings is 2. The van der Waals surface area contributed by atoms with Crippen LogP contribution in [-0.2, 0) is 6.54 Å². The molecule has 2 aromatic carbocycles. The van der Waals surface area contributed by atoms with Gasteiger partial charge in [0.2, 0.25) is 6.54 Å². The molecule has 0 bridgehead atoms. The molecule has 1 heterocycles. The number of nitrogens with zero attached hydrogens (tertiary/aromatic N) is 1. The fourth-order valence-corrected chi connectivity index (χ4v) is 2.19. The third-order valence-corrected chi connectivity index (χ3v) is 3.06. The average Bonchev–Trinajstić information content (AvgIpc) is 2.46. The van der Waals surface area contributed by atoms with E-state index < -0.39 is 0 Å². The van der Waals surface area contributed by atoms with Crippen LogP contribution >= 0.6 is 11.6 Å². The van der Waals surface area contributed by atoms with Crippen LogP contribution in [0.2, 0.25) is 5.02 Å². The summed E-state index contributed by atoms with van der Waals surface area (Å²) in [5, 5.41) is 3.90. The molecule has 0 atom stereocenters. The number of nitrogens with one attached hydrogen (secondary N) is 1. The Kier molecular flexibility index (Phi) is 2.34. The van der Waals surface area contributed by atoms with Crippen molar-refractivity contribution in [2.24, 2.45) is 0 Å². The maximum atomic E-state index is 12.0. The molecule has 1 N–H and O–H groups in total. The highest BCUT2D eigenvalue weighted by molar-refractivity contribution is 6.30. The Labute approximate surface area is 104 Å². The molecule has 1 aliphatic rings. The highest BCUT2D eigenvalue weighted by Gasteiger charge is 2.25. The van der Waals surface area contributed by atoms with Crippen molar-refractivity contribution in [2.75, 3.05) is 5.32 Å². The molecule has 0 fully saturated rings. The van der Waals surface area contributed by atoms with Crippen LogP contribution in [0.5, 0.6) is 0 Å². The quantitative estimate of drug-likeness (QED) is 0.712. The molecule has 0 spiro atoms. The van der Waals surface area contributed by atoms with Crippen LogP contribution in [0.1, 0.15) is 5.56 Å². The van der Waals surface area contributed by atoms with Gasteiger partial charge in [0.05, 0.1) is 0 Å². The first kappa shape index (κ1) is 10.3. The summed E-state index contributed by atoms with van der Waals surface area (Å²) in [7, 11) is 0. The zero-order chi connectivity index (χ0) is 11.8. The van der Waals surface area contributed by atoms with Gasteiger partial charge in [0.15, 0.2) is 0 Å². The van der Waals surface area contributed by atoms with Crippen molar-refractivity contribution in [3.8, 4) is 0 Å². The predicted molar refractivity (Wildman–Crippen MR) is 68.2 cm³/mol. The van der Waals surface area contributed by atoms with Crippen LogP contribution in [0.15, 0.2) is 42.5 Å². The van der Waals surface area contributed by atoms with Crippen molar-refractivity contribution in [2.45, 2.75) is 6.54 Å². The van der Waals surface area contributed by atoms with Gasteiger partial charge in [0.1, 0.15) is 5.69 Å². The third kappa shape index (κ3) is 1.78. The molecule has 3 nitrogen and oxygen atoms in total.